The summed E-state index contributed by atoms with van der Waals surface area (Å²) in [5, 5.41) is 10.9. The summed E-state index contributed by atoms with van der Waals surface area (Å²) in [6, 6.07) is 9.06. The lowest BCUT2D eigenvalue weighted by molar-refractivity contribution is -0.121. The van der Waals surface area contributed by atoms with Crippen molar-refractivity contribution in [3.63, 3.8) is 0 Å². The van der Waals surface area contributed by atoms with Gasteiger partial charge in [-0.25, -0.2) is 9.78 Å². The van der Waals surface area contributed by atoms with Crippen LogP contribution in [0.4, 0.5) is 5.82 Å². The lowest BCUT2D eigenvalue weighted by Crippen LogP contribution is -2.28. The number of anilines is 1. The lowest BCUT2D eigenvalue weighted by Gasteiger charge is -2.19. The summed E-state index contributed by atoms with van der Waals surface area (Å²) in [6.45, 7) is 1.13. The molecule has 1 saturated heterocycles. The highest BCUT2D eigenvalue weighted by Gasteiger charge is 2.28. The van der Waals surface area contributed by atoms with Crippen molar-refractivity contribution in [2.45, 2.75) is 6.42 Å². The first-order chi connectivity index (χ1) is 10.1. The monoisotopic (exact) mass is 285 g/mol. The number of aromatic carboxylic acids is 1. The third-order valence-corrected chi connectivity index (χ3v) is 3.83. The van der Waals surface area contributed by atoms with Crippen molar-refractivity contribution in [3.05, 3.63) is 36.0 Å². The zero-order chi connectivity index (χ0) is 15.0. The molecule has 0 aliphatic carbocycles. The Labute approximate surface area is 121 Å². The van der Waals surface area contributed by atoms with E-state index in [9.17, 15) is 14.7 Å². The number of hydrogen-bond acceptors (Lipinski definition) is 4. The van der Waals surface area contributed by atoms with Crippen LogP contribution in [0, 0.1) is 5.92 Å². The molecule has 1 aliphatic rings. The Morgan fingerprint density at radius 3 is 2.76 bits per heavy atom. The first kappa shape index (κ1) is 13.4. The van der Waals surface area contributed by atoms with Crippen LogP contribution in [0.15, 0.2) is 30.3 Å². The standard InChI is InChI=1S/C15H15N3O3/c16-13(19)10-5-6-18(8-10)14-11-4-2-1-3-9(11)7-12(17-14)15(20)21/h1-4,7,10H,5-6,8H2,(H2,16,19)(H,20,21). The van der Waals surface area contributed by atoms with Crippen LogP contribution in [-0.4, -0.2) is 35.1 Å². The van der Waals surface area contributed by atoms with E-state index in [0.29, 0.717) is 25.3 Å². The van der Waals surface area contributed by atoms with Crippen LogP contribution < -0.4 is 10.6 Å². The fourth-order valence-corrected chi connectivity index (χ4v) is 2.72. The van der Waals surface area contributed by atoms with Gasteiger partial charge in [0.1, 0.15) is 5.82 Å². The van der Waals surface area contributed by atoms with Gasteiger partial charge in [0.15, 0.2) is 5.69 Å². The van der Waals surface area contributed by atoms with Crippen LogP contribution in [0.5, 0.6) is 0 Å². The maximum absolute atomic E-state index is 11.3. The van der Waals surface area contributed by atoms with Gasteiger partial charge < -0.3 is 15.7 Å². The summed E-state index contributed by atoms with van der Waals surface area (Å²) in [4.78, 5) is 28.7. The Hall–Kier alpha value is -2.63. The molecule has 3 N–H and O–H groups in total. The molecule has 0 saturated carbocycles. The summed E-state index contributed by atoms with van der Waals surface area (Å²) < 4.78 is 0. The van der Waals surface area contributed by atoms with Crippen LogP contribution in [0.2, 0.25) is 0 Å². The van der Waals surface area contributed by atoms with Gasteiger partial charge in [0.05, 0.1) is 5.92 Å². The second-order valence-electron chi connectivity index (χ2n) is 5.19. The summed E-state index contributed by atoms with van der Waals surface area (Å²) >= 11 is 0. The predicted octanol–water partition coefficient (Wildman–Crippen LogP) is 1.24. The molecule has 2 aromatic rings. The highest BCUT2D eigenvalue weighted by molar-refractivity contribution is 5.98. The number of carbonyl (C=O) groups is 2. The van der Waals surface area contributed by atoms with Crippen LogP contribution in [0.3, 0.4) is 0 Å². The fourth-order valence-electron chi connectivity index (χ4n) is 2.72. The van der Waals surface area contributed by atoms with E-state index in [1.165, 1.54) is 0 Å². The molecular formula is C15H15N3O3. The van der Waals surface area contributed by atoms with Gasteiger partial charge >= 0.3 is 5.97 Å². The van der Waals surface area contributed by atoms with Gasteiger partial charge in [0.25, 0.3) is 0 Å². The molecule has 3 rings (SSSR count). The highest BCUT2D eigenvalue weighted by atomic mass is 16.4. The third-order valence-electron chi connectivity index (χ3n) is 3.83. The van der Waals surface area contributed by atoms with Gasteiger partial charge in [-0.15, -0.1) is 0 Å². The normalized spacial score (nSPS) is 18.1. The smallest absolute Gasteiger partial charge is 0.354 e. The number of carbonyl (C=O) groups excluding carboxylic acids is 1. The van der Waals surface area contributed by atoms with Crippen molar-refractivity contribution in [2.24, 2.45) is 11.7 Å². The minimum Gasteiger partial charge on any atom is -0.477 e. The number of fused-ring (bicyclic) bond motifs is 1. The van der Waals surface area contributed by atoms with Gasteiger partial charge in [0, 0.05) is 18.5 Å². The summed E-state index contributed by atoms with van der Waals surface area (Å²) in [5.41, 5.74) is 5.35. The SMILES string of the molecule is NC(=O)C1CCN(c2nc(C(=O)O)cc3ccccc23)C1. The average molecular weight is 285 g/mol. The van der Waals surface area contributed by atoms with Gasteiger partial charge in [-0.2, -0.15) is 0 Å². The fraction of sp³-hybridized carbons (Fsp3) is 0.267. The molecule has 2 heterocycles. The molecule has 1 amide bonds. The Morgan fingerprint density at radius 2 is 2.10 bits per heavy atom. The molecule has 21 heavy (non-hydrogen) atoms. The Bertz CT molecular complexity index is 729. The number of carboxylic acid groups (broad SMARTS) is 1. The molecule has 6 nitrogen and oxygen atoms in total. The number of benzene rings is 1. The number of carboxylic acids is 1. The van der Waals surface area contributed by atoms with Crippen LogP contribution >= 0.6 is 0 Å². The van der Waals surface area contributed by atoms with E-state index in [-0.39, 0.29) is 17.5 Å². The molecule has 1 atom stereocenters. The molecule has 1 aromatic heterocycles. The average Bonchev–Trinajstić information content (AvgIpc) is 2.96. The van der Waals surface area contributed by atoms with E-state index in [0.717, 1.165) is 10.8 Å². The maximum atomic E-state index is 11.3. The van der Waals surface area contributed by atoms with E-state index in [2.05, 4.69) is 4.98 Å². The van der Waals surface area contributed by atoms with E-state index in [1.54, 1.807) is 6.07 Å². The summed E-state index contributed by atoms with van der Waals surface area (Å²) in [5.74, 6) is -0.989. The molecule has 0 spiro atoms. The number of nitrogens with two attached hydrogens (primary N) is 1. The number of pyridine rings is 1. The number of primary amides is 1. The Balaban J connectivity index is 2.08. The highest BCUT2D eigenvalue weighted by Crippen LogP contribution is 2.29. The zero-order valence-electron chi connectivity index (χ0n) is 11.3. The van der Waals surface area contributed by atoms with Crippen LogP contribution in [0.25, 0.3) is 10.8 Å². The minimum atomic E-state index is -1.06. The van der Waals surface area contributed by atoms with Gasteiger partial charge in [-0.3, -0.25) is 4.79 Å². The van der Waals surface area contributed by atoms with Crippen molar-refractivity contribution in [2.75, 3.05) is 18.0 Å². The van der Waals surface area contributed by atoms with Crippen molar-refractivity contribution < 1.29 is 14.7 Å². The molecular weight excluding hydrogens is 270 g/mol. The van der Waals surface area contributed by atoms with Crippen molar-refractivity contribution in [1.29, 1.82) is 0 Å². The molecule has 1 fully saturated rings. The molecule has 1 unspecified atom stereocenters. The van der Waals surface area contributed by atoms with Crippen molar-refractivity contribution in [1.82, 2.24) is 4.98 Å². The number of aromatic nitrogens is 1. The van der Waals surface area contributed by atoms with Gasteiger partial charge in [-0.1, -0.05) is 24.3 Å². The molecule has 1 aliphatic heterocycles. The van der Waals surface area contributed by atoms with E-state index in [4.69, 9.17) is 5.73 Å². The first-order valence-electron chi connectivity index (χ1n) is 6.73. The van der Waals surface area contributed by atoms with Gasteiger partial charge in [0.2, 0.25) is 5.91 Å². The topological polar surface area (TPSA) is 96.5 Å². The Kier molecular flexibility index (Phi) is 3.21. The second kappa shape index (κ2) is 5.05. The number of rotatable bonds is 3. The van der Waals surface area contributed by atoms with Gasteiger partial charge in [-0.05, 0) is 17.9 Å². The van der Waals surface area contributed by atoms with Crippen molar-refractivity contribution in [3.8, 4) is 0 Å². The second-order valence-corrected chi connectivity index (χ2v) is 5.19. The molecule has 1 aromatic carbocycles. The Morgan fingerprint density at radius 1 is 1.33 bits per heavy atom. The predicted molar refractivity (Wildman–Crippen MR) is 78.2 cm³/mol. The molecule has 0 radical (unpaired) electrons. The molecule has 108 valence electrons. The third kappa shape index (κ3) is 2.40. The maximum Gasteiger partial charge on any atom is 0.354 e. The van der Waals surface area contributed by atoms with E-state index < -0.39 is 5.97 Å². The number of hydrogen-bond donors (Lipinski definition) is 2. The summed E-state index contributed by atoms with van der Waals surface area (Å²) in [6.07, 6.45) is 0.669. The van der Waals surface area contributed by atoms with E-state index in [1.807, 2.05) is 29.2 Å². The first-order valence-corrected chi connectivity index (χ1v) is 6.73. The molecule has 6 heteroatoms. The number of nitrogens with zero attached hydrogens (tertiary/aromatic N) is 2. The zero-order valence-corrected chi connectivity index (χ0v) is 11.3. The van der Waals surface area contributed by atoms with Crippen molar-refractivity contribution >= 4 is 28.5 Å². The van der Waals surface area contributed by atoms with Crippen LogP contribution in [-0.2, 0) is 4.79 Å². The van der Waals surface area contributed by atoms with E-state index >= 15 is 0 Å². The number of amides is 1. The molecule has 0 bridgehead atoms. The minimum absolute atomic E-state index is 0.00576. The van der Waals surface area contributed by atoms with Crippen LogP contribution in [0.1, 0.15) is 16.9 Å². The largest absolute Gasteiger partial charge is 0.477 e. The lowest BCUT2D eigenvalue weighted by atomic mass is 10.1. The summed E-state index contributed by atoms with van der Waals surface area (Å²) in [7, 11) is 0. The quantitative estimate of drug-likeness (QED) is 0.884.